The highest BCUT2D eigenvalue weighted by Crippen LogP contribution is 2.32. The number of nitrogens with zero attached hydrogens (tertiary/aromatic N) is 6. The molecule has 3 heterocycles. The molecule has 10 N–H and O–H groups in total. The molecule has 0 unspecified atom stereocenters. The van der Waals surface area contributed by atoms with E-state index in [1.165, 1.54) is 12.7 Å². The highest BCUT2D eigenvalue weighted by molar-refractivity contribution is 5.81. The summed E-state index contributed by atoms with van der Waals surface area (Å²) in [5, 5.41) is 21.3. The molecule has 2 aromatic heterocycles. The van der Waals surface area contributed by atoms with Crippen molar-refractivity contribution in [1.29, 1.82) is 0 Å². The summed E-state index contributed by atoms with van der Waals surface area (Å²) < 4.78 is 7.64. The molecule has 0 spiro atoms. The molecule has 1 aliphatic rings. The van der Waals surface area contributed by atoms with E-state index in [1.54, 1.807) is 4.57 Å². The van der Waals surface area contributed by atoms with Gasteiger partial charge in [0.2, 0.25) is 0 Å². The summed E-state index contributed by atoms with van der Waals surface area (Å²) in [6.07, 6.45) is 2.85. The molecule has 0 aromatic carbocycles. The summed E-state index contributed by atoms with van der Waals surface area (Å²) in [6, 6.07) is 0. The van der Waals surface area contributed by atoms with Crippen LogP contribution in [0, 0.1) is 0 Å². The number of rotatable bonds is 12. The van der Waals surface area contributed by atoms with Crippen LogP contribution in [0.1, 0.15) is 31.9 Å². The first-order valence-electron chi connectivity index (χ1n) is 10.8. The third-order valence-electron chi connectivity index (χ3n) is 5.54. The van der Waals surface area contributed by atoms with Gasteiger partial charge < -0.3 is 42.8 Å². The quantitative estimate of drug-likeness (QED) is 0.120. The van der Waals surface area contributed by atoms with Crippen LogP contribution in [-0.2, 0) is 4.74 Å². The molecule has 1 saturated heterocycles. The summed E-state index contributed by atoms with van der Waals surface area (Å²) in [5.41, 5.74) is 23.1. The third-order valence-corrected chi connectivity index (χ3v) is 5.54. The maximum absolute atomic E-state index is 10.7. The predicted molar refractivity (Wildman–Crippen MR) is 120 cm³/mol. The number of aliphatic hydroxyl groups excluding tert-OH is 2. The maximum atomic E-state index is 10.7. The van der Waals surface area contributed by atoms with Gasteiger partial charge in [-0.1, -0.05) is 6.42 Å². The number of hydrogen-bond donors (Lipinski definition) is 6. The van der Waals surface area contributed by atoms with Gasteiger partial charge in [-0.05, 0) is 38.9 Å². The molecule has 0 aliphatic carbocycles. The Morgan fingerprint density at radius 3 is 2.62 bits per heavy atom. The SMILES string of the molecule is NCCCN(CCCCCN=C(N)N)C[C@H]1O[C@@H](n2cnc3c(N)ncnc32)[C@H](O)[C@@H]1O. The maximum Gasteiger partial charge on any atom is 0.185 e. The number of aliphatic hydroxyl groups is 2. The largest absolute Gasteiger partial charge is 0.387 e. The Labute approximate surface area is 186 Å². The van der Waals surface area contributed by atoms with Crippen molar-refractivity contribution < 1.29 is 14.9 Å². The molecule has 3 rings (SSSR count). The highest BCUT2D eigenvalue weighted by atomic mass is 16.6. The molecule has 4 atom stereocenters. The molecule has 0 bridgehead atoms. The fraction of sp³-hybridized carbons (Fsp3) is 0.684. The summed E-state index contributed by atoms with van der Waals surface area (Å²) >= 11 is 0. The van der Waals surface area contributed by atoms with Gasteiger partial charge in [-0.25, -0.2) is 15.0 Å². The summed E-state index contributed by atoms with van der Waals surface area (Å²) in [7, 11) is 0. The van der Waals surface area contributed by atoms with E-state index < -0.39 is 24.5 Å². The van der Waals surface area contributed by atoms with Crippen LogP contribution < -0.4 is 22.9 Å². The lowest BCUT2D eigenvalue weighted by atomic mass is 10.1. The van der Waals surface area contributed by atoms with Crippen LogP contribution in [-0.4, -0.2) is 91.6 Å². The summed E-state index contributed by atoms with van der Waals surface area (Å²) in [6.45, 7) is 3.23. The Bertz CT molecular complexity index is 887. The van der Waals surface area contributed by atoms with Gasteiger partial charge in [-0.3, -0.25) is 9.56 Å². The number of nitrogens with two attached hydrogens (primary N) is 4. The van der Waals surface area contributed by atoms with Gasteiger partial charge in [0, 0.05) is 13.1 Å². The number of ether oxygens (including phenoxy) is 1. The minimum atomic E-state index is -1.13. The number of fused-ring (bicyclic) bond motifs is 1. The Kier molecular flexibility index (Phi) is 8.53. The number of aromatic nitrogens is 4. The van der Waals surface area contributed by atoms with Crippen LogP contribution in [0.3, 0.4) is 0 Å². The second kappa shape index (κ2) is 11.3. The van der Waals surface area contributed by atoms with Gasteiger partial charge >= 0.3 is 0 Å². The molecular formula is C19H34N10O3. The van der Waals surface area contributed by atoms with E-state index in [2.05, 4.69) is 24.8 Å². The third kappa shape index (κ3) is 5.81. The second-order valence-electron chi connectivity index (χ2n) is 7.94. The lowest BCUT2D eigenvalue weighted by Gasteiger charge is -2.26. The minimum absolute atomic E-state index is 0.106. The lowest BCUT2D eigenvalue weighted by Crippen LogP contribution is -2.41. The molecular weight excluding hydrogens is 416 g/mol. The average Bonchev–Trinajstić information content (AvgIpc) is 3.31. The zero-order valence-electron chi connectivity index (χ0n) is 18.1. The molecule has 1 aliphatic heterocycles. The van der Waals surface area contributed by atoms with Gasteiger partial charge in [0.05, 0.1) is 6.33 Å². The van der Waals surface area contributed by atoms with Crippen molar-refractivity contribution in [2.24, 2.45) is 22.2 Å². The number of nitrogen functional groups attached to an aromatic ring is 1. The van der Waals surface area contributed by atoms with Crippen molar-refractivity contribution in [1.82, 2.24) is 24.4 Å². The summed E-state index contributed by atoms with van der Waals surface area (Å²) in [4.78, 5) is 18.5. The molecule has 0 radical (unpaired) electrons. The van der Waals surface area contributed by atoms with Crippen molar-refractivity contribution in [3.8, 4) is 0 Å². The fourth-order valence-corrected chi connectivity index (χ4v) is 3.86. The van der Waals surface area contributed by atoms with E-state index in [0.717, 1.165) is 38.8 Å². The molecule has 0 saturated carbocycles. The Balaban J connectivity index is 1.61. The first-order chi connectivity index (χ1) is 15.4. The van der Waals surface area contributed by atoms with Gasteiger partial charge in [0.15, 0.2) is 23.7 Å². The minimum Gasteiger partial charge on any atom is -0.387 e. The summed E-state index contributed by atoms with van der Waals surface area (Å²) in [5.74, 6) is 0.348. The Morgan fingerprint density at radius 2 is 1.88 bits per heavy atom. The van der Waals surface area contributed by atoms with E-state index in [4.69, 9.17) is 27.7 Å². The Morgan fingerprint density at radius 1 is 1.09 bits per heavy atom. The smallest absolute Gasteiger partial charge is 0.185 e. The van der Waals surface area contributed by atoms with E-state index in [0.29, 0.717) is 30.8 Å². The topological polar surface area (TPSA) is 213 Å². The molecule has 2 aromatic rings. The average molecular weight is 451 g/mol. The first kappa shape index (κ1) is 24.1. The van der Waals surface area contributed by atoms with Crippen LogP contribution in [0.2, 0.25) is 0 Å². The zero-order chi connectivity index (χ0) is 23.1. The van der Waals surface area contributed by atoms with Crippen molar-refractivity contribution in [3.05, 3.63) is 12.7 Å². The number of unbranched alkanes of at least 4 members (excludes halogenated alkanes) is 2. The van der Waals surface area contributed by atoms with E-state index in [-0.39, 0.29) is 11.8 Å². The van der Waals surface area contributed by atoms with Crippen LogP contribution in [0.15, 0.2) is 17.6 Å². The monoisotopic (exact) mass is 450 g/mol. The zero-order valence-corrected chi connectivity index (χ0v) is 18.1. The number of anilines is 1. The number of imidazole rings is 1. The predicted octanol–water partition coefficient (Wildman–Crippen LogP) is -1.88. The lowest BCUT2D eigenvalue weighted by molar-refractivity contribution is -0.0442. The molecule has 178 valence electrons. The van der Waals surface area contributed by atoms with E-state index >= 15 is 0 Å². The fourth-order valence-electron chi connectivity index (χ4n) is 3.86. The van der Waals surface area contributed by atoms with Crippen LogP contribution in [0.5, 0.6) is 0 Å². The molecule has 1 fully saturated rings. The van der Waals surface area contributed by atoms with Gasteiger partial charge in [0.1, 0.15) is 30.2 Å². The van der Waals surface area contributed by atoms with Gasteiger partial charge in [-0.2, -0.15) is 0 Å². The highest BCUT2D eigenvalue weighted by Gasteiger charge is 2.44. The molecule has 13 nitrogen and oxygen atoms in total. The number of aliphatic imine (C=N–C) groups is 1. The number of guanidine groups is 1. The first-order valence-corrected chi connectivity index (χ1v) is 10.8. The van der Waals surface area contributed by atoms with Crippen molar-refractivity contribution in [2.75, 3.05) is 38.5 Å². The van der Waals surface area contributed by atoms with Crippen molar-refractivity contribution in [2.45, 2.75) is 50.2 Å². The second-order valence-corrected chi connectivity index (χ2v) is 7.94. The van der Waals surface area contributed by atoms with Crippen molar-refractivity contribution >= 4 is 22.9 Å². The van der Waals surface area contributed by atoms with Crippen LogP contribution in [0.25, 0.3) is 11.2 Å². The van der Waals surface area contributed by atoms with Gasteiger partial charge in [0.25, 0.3) is 0 Å². The molecule has 0 amide bonds. The van der Waals surface area contributed by atoms with Crippen molar-refractivity contribution in [3.63, 3.8) is 0 Å². The van der Waals surface area contributed by atoms with E-state index in [1.807, 2.05) is 0 Å². The van der Waals surface area contributed by atoms with Crippen LogP contribution >= 0.6 is 0 Å². The standard InChI is InChI=1S/C19H34N10O3/c20-5-4-8-28(7-3-1-2-6-24-19(22)23)9-12-14(30)15(31)18(32-12)29-11-27-13-16(21)25-10-26-17(13)29/h10-12,14-15,18,30-31H,1-9,20H2,(H2,21,25,26)(H4,22,23,24)/t12-,14-,15-,18-/m1/s1. The van der Waals surface area contributed by atoms with E-state index in [9.17, 15) is 10.2 Å². The Hall–Kier alpha value is -2.58. The molecule has 13 heteroatoms. The number of hydrogen-bond acceptors (Lipinski definition) is 10. The normalized spacial score (nSPS) is 23.2. The van der Waals surface area contributed by atoms with Crippen LogP contribution in [0.4, 0.5) is 5.82 Å². The van der Waals surface area contributed by atoms with Gasteiger partial charge in [-0.15, -0.1) is 0 Å². The molecule has 32 heavy (non-hydrogen) atoms.